The second kappa shape index (κ2) is 5.93. The largest absolute Gasteiger partial charge is 0.486 e. The van der Waals surface area contributed by atoms with Gasteiger partial charge in [-0.15, -0.1) is 5.10 Å². The quantitative estimate of drug-likeness (QED) is 0.847. The number of aromatic amines is 1. The van der Waals surface area contributed by atoms with Gasteiger partial charge in [-0.3, -0.25) is 5.10 Å². The molecule has 0 aliphatic rings. The molecule has 0 fully saturated rings. The summed E-state index contributed by atoms with van der Waals surface area (Å²) in [5, 5.41) is 8.34. The van der Waals surface area contributed by atoms with Crippen LogP contribution in [0.1, 0.15) is 12.7 Å². The Labute approximate surface area is 109 Å². The molecular formula is C11H12ClN3OS. The molecule has 0 atom stereocenters. The van der Waals surface area contributed by atoms with Gasteiger partial charge in [0.05, 0.1) is 0 Å². The molecule has 0 saturated carbocycles. The third-order valence-corrected chi connectivity index (χ3v) is 2.96. The molecular weight excluding hydrogens is 258 g/mol. The second-order valence-corrected chi connectivity index (χ2v) is 4.91. The summed E-state index contributed by atoms with van der Waals surface area (Å²) in [4.78, 5) is 4.28. The van der Waals surface area contributed by atoms with E-state index in [1.165, 1.54) is 0 Å². The fourth-order valence-electron chi connectivity index (χ4n) is 1.22. The monoisotopic (exact) mass is 269 g/mol. The van der Waals surface area contributed by atoms with Crippen molar-refractivity contribution in [3.63, 3.8) is 0 Å². The van der Waals surface area contributed by atoms with Crippen LogP contribution in [0.15, 0.2) is 29.4 Å². The van der Waals surface area contributed by atoms with Crippen molar-refractivity contribution in [3.8, 4) is 5.75 Å². The fourth-order valence-corrected chi connectivity index (χ4v) is 1.89. The van der Waals surface area contributed by atoms with Crippen LogP contribution >= 0.6 is 23.4 Å². The maximum absolute atomic E-state index is 5.78. The first-order valence-electron chi connectivity index (χ1n) is 5.20. The number of aromatic nitrogens is 3. The van der Waals surface area contributed by atoms with Gasteiger partial charge in [0, 0.05) is 5.02 Å². The van der Waals surface area contributed by atoms with E-state index >= 15 is 0 Å². The molecule has 4 nitrogen and oxygen atoms in total. The number of hydrogen-bond donors (Lipinski definition) is 1. The molecule has 0 bridgehead atoms. The van der Waals surface area contributed by atoms with Crippen LogP contribution in [0.3, 0.4) is 0 Å². The molecule has 0 amide bonds. The van der Waals surface area contributed by atoms with Crippen LogP contribution in [0.2, 0.25) is 5.02 Å². The molecule has 0 unspecified atom stereocenters. The number of rotatable bonds is 5. The smallest absolute Gasteiger partial charge is 0.208 e. The summed E-state index contributed by atoms with van der Waals surface area (Å²) >= 11 is 7.37. The van der Waals surface area contributed by atoms with Gasteiger partial charge in [0.25, 0.3) is 0 Å². The summed E-state index contributed by atoms with van der Waals surface area (Å²) in [6.07, 6.45) is 0. The predicted molar refractivity (Wildman–Crippen MR) is 68.6 cm³/mol. The number of H-pyrrole nitrogens is 1. The number of ether oxygens (including phenoxy) is 1. The zero-order valence-electron chi connectivity index (χ0n) is 9.31. The van der Waals surface area contributed by atoms with Gasteiger partial charge in [-0.1, -0.05) is 30.3 Å². The van der Waals surface area contributed by atoms with Crippen LogP contribution in [-0.2, 0) is 6.61 Å². The first-order valence-corrected chi connectivity index (χ1v) is 6.56. The lowest BCUT2D eigenvalue weighted by molar-refractivity contribution is 0.296. The summed E-state index contributed by atoms with van der Waals surface area (Å²) in [7, 11) is 0. The van der Waals surface area contributed by atoms with Crippen LogP contribution in [0.25, 0.3) is 0 Å². The van der Waals surface area contributed by atoms with Gasteiger partial charge in [0.2, 0.25) is 5.16 Å². The maximum Gasteiger partial charge on any atom is 0.208 e. The average Bonchev–Trinajstić information content (AvgIpc) is 2.77. The molecule has 1 aromatic carbocycles. The Kier molecular flexibility index (Phi) is 4.28. The van der Waals surface area contributed by atoms with Crippen LogP contribution in [0.5, 0.6) is 5.75 Å². The molecule has 0 aliphatic heterocycles. The summed E-state index contributed by atoms with van der Waals surface area (Å²) in [6.45, 7) is 2.43. The normalized spacial score (nSPS) is 10.5. The number of halogens is 1. The van der Waals surface area contributed by atoms with E-state index in [0.29, 0.717) is 11.6 Å². The van der Waals surface area contributed by atoms with Gasteiger partial charge in [-0.25, -0.2) is 4.98 Å². The number of hydrogen-bond acceptors (Lipinski definition) is 4. The Morgan fingerprint density at radius 1 is 1.35 bits per heavy atom. The highest BCUT2D eigenvalue weighted by Crippen LogP contribution is 2.17. The Bertz CT molecular complexity index is 472. The molecule has 1 N–H and O–H groups in total. The highest BCUT2D eigenvalue weighted by molar-refractivity contribution is 7.99. The number of thioether (sulfide) groups is 1. The molecule has 1 heterocycles. The van der Waals surface area contributed by atoms with Crippen LogP contribution < -0.4 is 4.74 Å². The molecule has 0 aliphatic carbocycles. The Balaban J connectivity index is 1.90. The Hall–Kier alpha value is -1.20. The molecule has 0 radical (unpaired) electrons. The molecule has 90 valence electrons. The van der Waals surface area contributed by atoms with E-state index in [0.717, 1.165) is 22.5 Å². The van der Waals surface area contributed by atoms with Crippen molar-refractivity contribution < 1.29 is 4.74 Å². The van der Waals surface area contributed by atoms with Gasteiger partial charge in [-0.05, 0) is 30.0 Å². The maximum atomic E-state index is 5.78. The molecule has 6 heteroatoms. The van der Waals surface area contributed by atoms with Gasteiger partial charge < -0.3 is 4.74 Å². The average molecular weight is 270 g/mol. The van der Waals surface area contributed by atoms with E-state index in [2.05, 4.69) is 22.1 Å². The highest BCUT2D eigenvalue weighted by Gasteiger charge is 2.03. The molecule has 0 spiro atoms. The Morgan fingerprint density at radius 2 is 2.12 bits per heavy atom. The second-order valence-electron chi connectivity index (χ2n) is 3.24. The minimum Gasteiger partial charge on any atom is -0.486 e. The van der Waals surface area contributed by atoms with Crippen molar-refractivity contribution >= 4 is 23.4 Å². The van der Waals surface area contributed by atoms with Crippen molar-refractivity contribution in [2.45, 2.75) is 18.7 Å². The topological polar surface area (TPSA) is 50.8 Å². The van der Waals surface area contributed by atoms with Crippen molar-refractivity contribution in [3.05, 3.63) is 35.1 Å². The fraction of sp³-hybridized carbons (Fsp3) is 0.273. The van der Waals surface area contributed by atoms with E-state index in [-0.39, 0.29) is 0 Å². The number of benzene rings is 1. The Morgan fingerprint density at radius 3 is 2.82 bits per heavy atom. The van der Waals surface area contributed by atoms with E-state index in [9.17, 15) is 0 Å². The van der Waals surface area contributed by atoms with Crippen molar-refractivity contribution in [2.24, 2.45) is 0 Å². The number of nitrogens with zero attached hydrogens (tertiary/aromatic N) is 2. The molecule has 1 aromatic heterocycles. The van der Waals surface area contributed by atoms with E-state index in [1.807, 2.05) is 12.1 Å². The molecule has 0 saturated heterocycles. The SMILES string of the molecule is CCSc1n[nH]c(COc2ccc(Cl)cc2)n1. The standard InChI is InChI=1S/C11H12ClN3OS/c1-2-17-11-13-10(14-15-11)7-16-9-5-3-8(12)4-6-9/h3-6H,2,7H2,1H3,(H,13,14,15). The van der Waals surface area contributed by atoms with Crippen LogP contribution in [0, 0.1) is 0 Å². The summed E-state index contributed by atoms with van der Waals surface area (Å²) < 4.78 is 5.54. The third kappa shape index (κ3) is 3.64. The first-order chi connectivity index (χ1) is 8.28. The minimum absolute atomic E-state index is 0.374. The van der Waals surface area contributed by atoms with Crippen LogP contribution in [-0.4, -0.2) is 20.9 Å². The van der Waals surface area contributed by atoms with Crippen LogP contribution in [0.4, 0.5) is 0 Å². The van der Waals surface area contributed by atoms with Gasteiger partial charge in [0.15, 0.2) is 5.82 Å². The minimum atomic E-state index is 0.374. The van der Waals surface area contributed by atoms with E-state index < -0.39 is 0 Å². The van der Waals surface area contributed by atoms with Crippen molar-refractivity contribution in [2.75, 3.05) is 5.75 Å². The summed E-state index contributed by atoms with van der Waals surface area (Å²) in [6, 6.07) is 7.21. The lowest BCUT2D eigenvalue weighted by Gasteiger charge is -2.02. The van der Waals surface area contributed by atoms with E-state index in [1.54, 1.807) is 23.9 Å². The lowest BCUT2D eigenvalue weighted by Crippen LogP contribution is -1.97. The lowest BCUT2D eigenvalue weighted by atomic mass is 10.3. The van der Waals surface area contributed by atoms with Gasteiger partial charge >= 0.3 is 0 Å². The third-order valence-electron chi connectivity index (χ3n) is 1.97. The van der Waals surface area contributed by atoms with E-state index in [4.69, 9.17) is 16.3 Å². The molecule has 2 rings (SSSR count). The van der Waals surface area contributed by atoms with Gasteiger partial charge in [-0.2, -0.15) is 0 Å². The highest BCUT2D eigenvalue weighted by atomic mass is 35.5. The number of nitrogens with one attached hydrogen (secondary N) is 1. The molecule has 2 aromatic rings. The first kappa shape index (κ1) is 12.3. The van der Waals surface area contributed by atoms with Crippen molar-refractivity contribution in [1.29, 1.82) is 0 Å². The summed E-state index contributed by atoms with van der Waals surface area (Å²) in [5.41, 5.74) is 0. The van der Waals surface area contributed by atoms with Gasteiger partial charge in [0.1, 0.15) is 12.4 Å². The zero-order valence-corrected chi connectivity index (χ0v) is 10.9. The summed E-state index contributed by atoms with van der Waals surface area (Å²) in [5.74, 6) is 2.43. The predicted octanol–water partition coefficient (Wildman–Crippen LogP) is 3.15. The van der Waals surface area contributed by atoms with Crippen molar-refractivity contribution in [1.82, 2.24) is 15.2 Å². The zero-order chi connectivity index (χ0) is 12.1. The molecule has 17 heavy (non-hydrogen) atoms.